The summed E-state index contributed by atoms with van der Waals surface area (Å²) in [6.07, 6.45) is 1.68. The van der Waals surface area contributed by atoms with Crippen LogP contribution < -0.4 is 5.32 Å². The third-order valence-corrected chi connectivity index (χ3v) is 6.44. The molecule has 0 saturated carbocycles. The van der Waals surface area contributed by atoms with Crippen LogP contribution in [0, 0.1) is 19.7 Å². The number of nitrogens with zero attached hydrogens (tertiary/aromatic N) is 3. The molecule has 0 radical (unpaired) electrons. The molecule has 4 rings (SSSR count). The molecular formula is C21H23FN4OS. The lowest BCUT2D eigenvalue weighted by atomic mass is 10.1. The van der Waals surface area contributed by atoms with Crippen molar-refractivity contribution in [3.8, 4) is 0 Å². The molecule has 5 nitrogen and oxygen atoms in total. The van der Waals surface area contributed by atoms with Crippen LogP contribution in [0.1, 0.15) is 16.1 Å². The van der Waals surface area contributed by atoms with E-state index >= 15 is 0 Å². The number of hydrogen-bond acceptors (Lipinski definition) is 4. The number of aryl methyl sites for hydroxylation is 2. The first-order valence-electron chi connectivity index (χ1n) is 9.38. The Labute approximate surface area is 167 Å². The van der Waals surface area contributed by atoms with Crippen LogP contribution in [0.2, 0.25) is 0 Å². The molecule has 0 spiro atoms. The van der Waals surface area contributed by atoms with E-state index in [2.05, 4.69) is 22.1 Å². The van der Waals surface area contributed by atoms with Crippen LogP contribution in [-0.4, -0.2) is 47.0 Å². The lowest BCUT2D eigenvalue weighted by Gasteiger charge is -2.34. The molecule has 3 aromatic rings. The van der Waals surface area contributed by atoms with E-state index in [0.717, 1.165) is 41.0 Å². The van der Waals surface area contributed by atoms with Gasteiger partial charge < -0.3 is 10.2 Å². The Hall–Kier alpha value is -2.51. The fraction of sp³-hybridized carbons (Fsp3) is 0.333. The monoisotopic (exact) mass is 398 g/mol. The van der Waals surface area contributed by atoms with Gasteiger partial charge in [0.2, 0.25) is 0 Å². The van der Waals surface area contributed by atoms with Gasteiger partial charge in [-0.2, -0.15) is 0 Å². The molecule has 1 aliphatic heterocycles. The van der Waals surface area contributed by atoms with Crippen molar-refractivity contribution >= 4 is 33.1 Å². The standard InChI is InChI=1S/C21H23FN4OS/c1-14-3-5-17(12-23-14)24-21(27)26-9-7-25(8-10-26)13-20-15(2)18-11-16(22)4-6-19(18)28-20/h3-6,11-12H,7-10,13H2,1-2H3,(H,24,27). The maximum Gasteiger partial charge on any atom is 0.321 e. The highest BCUT2D eigenvalue weighted by atomic mass is 32.1. The first kappa shape index (κ1) is 18.8. The average Bonchev–Trinajstić information content (AvgIpc) is 2.99. The summed E-state index contributed by atoms with van der Waals surface area (Å²) in [4.78, 5) is 22.1. The maximum atomic E-state index is 13.5. The van der Waals surface area contributed by atoms with Crippen molar-refractivity contribution in [3.63, 3.8) is 0 Å². The number of nitrogens with one attached hydrogen (secondary N) is 1. The molecule has 0 atom stereocenters. The fourth-order valence-electron chi connectivity index (χ4n) is 3.45. The van der Waals surface area contributed by atoms with Crippen LogP contribution >= 0.6 is 11.3 Å². The Morgan fingerprint density at radius 2 is 1.96 bits per heavy atom. The molecule has 1 saturated heterocycles. The van der Waals surface area contributed by atoms with Crippen molar-refractivity contribution in [2.75, 3.05) is 31.5 Å². The molecule has 7 heteroatoms. The number of thiophene rings is 1. The van der Waals surface area contributed by atoms with Gasteiger partial charge in [0.05, 0.1) is 11.9 Å². The number of urea groups is 1. The largest absolute Gasteiger partial charge is 0.322 e. The first-order chi connectivity index (χ1) is 13.5. The number of aromatic nitrogens is 1. The first-order valence-corrected chi connectivity index (χ1v) is 10.2. The van der Waals surface area contributed by atoms with Crippen LogP contribution in [0.4, 0.5) is 14.9 Å². The lowest BCUT2D eigenvalue weighted by molar-refractivity contribution is 0.143. The summed E-state index contributed by atoms with van der Waals surface area (Å²) in [6.45, 7) is 7.83. The zero-order chi connectivity index (χ0) is 19.7. The van der Waals surface area contributed by atoms with Gasteiger partial charge in [-0.15, -0.1) is 11.3 Å². The van der Waals surface area contributed by atoms with Crippen molar-refractivity contribution in [2.24, 2.45) is 0 Å². The van der Waals surface area contributed by atoms with E-state index in [1.807, 2.05) is 30.0 Å². The molecule has 1 N–H and O–H groups in total. The van der Waals surface area contributed by atoms with Crippen LogP contribution in [0.5, 0.6) is 0 Å². The van der Waals surface area contributed by atoms with E-state index in [1.54, 1.807) is 23.6 Å². The molecular weight excluding hydrogens is 375 g/mol. The molecule has 0 bridgehead atoms. The van der Waals surface area contributed by atoms with Crippen molar-refractivity contribution in [1.82, 2.24) is 14.8 Å². The van der Waals surface area contributed by atoms with Crippen LogP contribution in [-0.2, 0) is 6.54 Å². The minimum atomic E-state index is -0.191. The van der Waals surface area contributed by atoms with Gasteiger partial charge in [0, 0.05) is 48.0 Å². The summed E-state index contributed by atoms with van der Waals surface area (Å²) < 4.78 is 14.6. The summed E-state index contributed by atoms with van der Waals surface area (Å²) in [5.74, 6) is -0.191. The van der Waals surface area contributed by atoms with Crippen LogP contribution in [0.15, 0.2) is 36.5 Å². The van der Waals surface area contributed by atoms with Crippen molar-refractivity contribution < 1.29 is 9.18 Å². The number of piperazine rings is 1. The summed E-state index contributed by atoms with van der Waals surface area (Å²) in [5.41, 5.74) is 2.79. The second-order valence-electron chi connectivity index (χ2n) is 7.17. The van der Waals surface area contributed by atoms with Gasteiger partial charge in [0.1, 0.15) is 5.82 Å². The number of anilines is 1. The summed E-state index contributed by atoms with van der Waals surface area (Å²) >= 11 is 1.73. The zero-order valence-corrected chi connectivity index (χ0v) is 16.9. The Morgan fingerprint density at radius 3 is 2.68 bits per heavy atom. The number of hydrogen-bond donors (Lipinski definition) is 1. The van der Waals surface area contributed by atoms with Crippen LogP contribution in [0.25, 0.3) is 10.1 Å². The smallest absolute Gasteiger partial charge is 0.321 e. The second kappa shape index (κ2) is 7.85. The number of fused-ring (bicyclic) bond motifs is 1. The predicted molar refractivity (Wildman–Crippen MR) is 111 cm³/mol. The summed E-state index contributed by atoms with van der Waals surface area (Å²) in [5, 5.41) is 3.91. The number of halogens is 1. The molecule has 3 heterocycles. The maximum absolute atomic E-state index is 13.5. The Kier molecular flexibility index (Phi) is 5.28. The Bertz CT molecular complexity index is 994. The van der Waals surface area contributed by atoms with Crippen molar-refractivity contribution in [3.05, 3.63) is 58.5 Å². The van der Waals surface area contributed by atoms with E-state index < -0.39 is 0 Å². The van der Waals surface area contributed by atoms with Crippen molar-refractivity contribution in [2.45, 2.75) is 20.4 Å². The molecule has 1 fully saturated rings. The lowest BCUT2D eigenvalue weighted by Crippen LogP contribution is -2.49. The van der Waals surface area contributed by atoms with Gasteiger partial charge in [-0.05, 0) is 55.1 Å². The third kappa shape index (κ3) is 4.00. The predicted octanol–water partition coefficient (Wildman–Crippen LogP) is 4.40. The number of pyridine rings is 1. The summed E-state index contributed by atoms with van der Waals surface area (Å²) in [7, 11) is 0. The number of carbonyl (C=O) groups excluding carboxylic acids is 1. The fourth-order valence-corrected chi connectivity index (χ4v) is 4.68. The van der Waals surface area contributed by atoms with Gasteiger partial charge in [-0.1, -0.05) is 0 Å². The van der Waals surface area contributed by atoms with Gasteiger partial charge in [0.25, 0.3) is 0 Å². The molecule has 1 aromatic carbocycles. The van der Waals surface area contributed by atoms with Gasteiger partial charge in [-0.3, -0.25) is 9.88 Å². The highest BCUT2D eigenvalue weighted by Gasteiger charge is 2.22. The van der Waals surface area contributed by atoms with Gasteiger partial charge >= 0.3 is 6.03 Å². The second-order valence-corrected chi connectivity index (χ2v) is 8.31. The molecule has 2 amide bonds. The minimum Gasteiger partial charge on any atom is -0.322 e. The number of amides is 2. The molecule has 1 aliphatic rings. The average molecular weight is 399 g/mol. The highest BCUT2D eigenvalue weighted by Crippen LogP contribution is 2.32. The van der Waals surface area contributed by atoms with Crippen molar-refractivity contribution in [1.29, 1.82) is 0 Å². The molecule has 2 aromatic heterocycles. The zero-order valence-electron chi connectivity index (χ0n) is 16.0. The normalized spacial score (nSPS) is 15.2. The molecule has 28 heavy (non-hydrogen) atoms. The summed E-state index contributed by atoms with van der Waals surface area (Å²) in [6, 6.07) is 8.65. The molecule has 0 unspecified atom stereocenters. The number of rotatable bonds is 3. The van der Waals surface area contributed by atoms with Gasteiger partial charge in [-0.25, -0.2) is 9.18 Å². The molecule has 0 aliphatic carbocycles. The quantitative estimate of drug-likeness (QED) is 0.711. The van der Waals surface area contributed by atoms with E-state index in [1.165, 1.54) is 10.9 Å². The Morgan fingerprint density at radius 1 is 1.18 bits per heavy atom. The van der Waals surface area contributed by atoms with E-state index in [9.17, 15) is 9.18 Å². The Balaban J connectivity index is 1.34. The number of benzene rings is 1. The van der Waals surface area contributed by atoms with Crippen LogP contribution in [0.3, 0.4) is 0 Å². The minimum absolute atomic E-state index is 0.0844. The van der Waals surface area contributed by atoms with E-state index in [4.69, 9.17) is 0 Å². The van der Waals surface area contributed by atoms with E-state index in [-0.39, 0.29) is 11.8 Å². The van der Waals surface area contributed by atoms with E-state index in [0.29, 0.717) is 18.8 Å². The number of carbonyl (C=O) groups is 1. The third-order valence-electron chi connectivity index (χ3n) is 5.19. The van der Waals surface area contributed by atoms with Gasteiger partial charge in [0.15, 0.2) is 0 Å². The topological polar surface area (TPSA) is 48.5 Å². The SMILES string of the molecule is Cc1ccc(NC(=O)N2CCN(Cc3sc4ccc(F)cc4c3C)CC2)cn1. The highest BCUT2D eigenvalue weighted by molar-refractivity contribution is 7.19. The molecule has 146 valence electrons.